The van der Waals surface area contributed by atoms with Gasteiger partial charge in [0.15, 0.2) is 5.58 Å². The molecule has 0 unspecified atom stereocenters. The molecule has 0 radical (unpaired) electrons. The standard InChI is InChI=1S/C18H20N2O4S/c1-18(2,3)17-19-13-11-12(9-10-14(13)24-17)20-25(21,22)16-8-6-5-7-15(16)23-4/h5-11,20H,1-4H3. The number of fused-ring (bicyclic) bond motifs is 1. The quantitative estimate of drug-likeness (QED) is 0.762. The predicted molar refractivity (Wildman–Crippen MR) is 96.5 cm³/mol. The van der Waals surface area contributed by atoms with Crippen LogP contribution in [0.2, 0.25) is 0 Å². The second-order valence-electron chi connectivity index (χ2n) is 6.71. The van der Waals surface area contributed by atoms with Crippen LogP contribution in [0.5, 0.6) is 5.75 Å². The molecule has 0 atom stereocenters. The van der Waals surface area contributed by atoms with Crippen LogP contribution in [0.4, 0.5) is 5.69 Å². The van der Waals surface area contributed by atoms with E-state index in [1.54, 1.807) is 36.4 Å². The maximum Gasteiger partial charge on any atom is 0.265 e. The highest BCUT2D eigenvalue weighted by atomic mass is 32.2. The maximum absolute atomic E-state index is 12.6. The van der Waals surface area contributed by atoms with Crippen LogP contribution >= 0.6 is 0 Å². The topological polar surface area (TPSA) is 81.4 Å². The predicted octanol–water partition coefficient (Wildman–Crippen LogP) is 3.93. The minimum absolute atomic E-state index is 0.0770. The first-order chi connectivity index (χ1) is 11.7. The first-order valence-corrected chi connectivity index (χ1v) is 9.26. The lowest BCUT2D eigenvalue weighted by atomic mass is 9.97. The van der Waals surface area contributed by atoms with E-state index in [4.69, 9.17) is 9.15 Å². The molecule has 7 heteroatoms. The second-order valence-corrected chi connectivity index (χ2v) is 8.36. The van der Waals surface area contributed by atoms with E-state index in [0.29, 0.717) is 22.7 Å². The van der Waals surface area contributed by atoms with E-state index in [-0.39, 0.29) is 16.1 Å². The Balaban J connectivity index is 1.97. The van der Waals surface area contributed by atoms with Crippen molar-refractivity contribution in [1.82, 2.24) is 4.98 Å². The van der Waals surface area contributed by atoms with Crippen molar-refractivity contribution >= 4 is 26.8 Å². The van der Waals surface area contributed by atoms with Crippen LogP contribution in [0.3, 0.4) is 0 Å². The molecule has 1 aromatic heterocycles. The van der Waals surface area contributed by atoms with Gasteiger partial charge in [-0.15, -0.1) is 0 Å². The summed E-state index contributed by atoms with van der Waals surface area (Å²) in [5, 5.41) is 0. The number of sulfonamides is 1. The van der Waals surface area contributed by atoms with E-state index in [1.165, 1.54) is 13.2 Å². The second kappa shape index (κ2) is 6.07. The van der Waals surface area contributed by atoms with Crippen molar-refractivity contribution < 1.29 is 17.6 Å². The normalized spacial score (nSPS) is 12.3. The van der Waals surface area contributed by atoms with Crippen molar-refractivity contribution in [2.75, 3.05) is 11.8 Å². The summed E-state index contributed by atoms with van der Waals surface area (Å²) in [5.74, 6) is 0.889. The molecular formula is C18H20N2O4S. The number of rotatable bonds is 4. The number of nitrogens with one attached hydrogen (secondary N) is 1. The third kappa shape index (κ3) is 3.46. The van der Waals surface area contributed by atoms with Gasteiger partial charge in [-0.2, -0.15) is 0 Å². The summed E-state index contributed by atoms with van der Waals surface area (Å²) in [5.41, 5.74) is 1.40. The fourth-order valence-corrected chi connectivity index (χ4v) is 3.58. The van der Waals surface area contributed by atoms with Crippen LogP contribution in [-0.4, -0.2) is 20.5 Å². The molecule has 25 heavy (non-hydrogen) atoms. The zero-order valence-corrected chi connectivity index (χ0v) is 15.3. The highest BCUT2D eigenvalue weighted by Gasteiger charge is 2.22. The summed E-state index contributed by atoms with van der Waals surface area (Å²) in [6.45, 7) is 6.01. The molecule has 0 aliphatic heterocycles. The third-order valence-electron chi connectivity index (χ3n) is 3.64. The Bertz CT molecular complexity index is 1020. The van der Waals surface area contributed by atoms with E-state index < -0.39 is 10.0 Å². The number of aromatic nitrogens is 1. The molecule has 0 spiro atoms. The number of anilines is 1. The molecule has 0 saturated heterocycles. The van der Waals surface area contributed by atoms with Gasteiger partial charge >= 0.3 is 0 Å². The van der Waals surface area contributed by atoms with E-state index in [2.05, 4.69) is 9.71 Å². The molecule has 0 fully saturated rings. The summed E-state index contributed by atoms with van der Waals surface area (Å²) in [6, 6.07) is 11.5. The highest BCUT2D eigenvalue weighted by Crippen LogP contribution is 2.29. The highest BCUT2D eigenvalue weighted by molar-refractivity contribution is 7.92. The summed E-state index contributed by atoms with van der Waals surface area (Å²) in [7, 11) is -2.35. The lowest BCUT2D eigenvalue weighted by Crippen LogP contribution is -2.14. The molecule has 3 rings (SSSR count). The molecule has 2 aromatic carbocycles. The number of methoxy groups -OCH3 is 1. The van der Waals surface area contributed by atoms with Crippen molar-refractivity contribution in [2.45, 2.75) is 31.1 Å². The zero-order chi connectivity index (χ0) is 18.2. The molecule has 132 valence electrons. The van der Waals surface area contributed by atoms with Gasteiger partial charge in [-0.25, -0.2) is 13.4 Å². The van der Waals surface area contributed by atoms with Gasteiger partial charge in [0, 0.05) is 5.41 Å². The maximum atomic E-state index is 12.6. The summed E-state index contributed by atoms with van der Waals surface area (Å²) < 4.78 is 38.7. The van der Waals surface area contributed by atoms with Gasteiger partial charge in [-0.3, -0.25) is 4.72 Å². The van der Waals surface area contributed by atoms with Gasteiger partial charge in [0.25, 0.3) is 10.0 Å². The molecule has 0 saturated carbocycles. The average molecular weight is 360 g/mol. The smallest absolute Gasteiger partial charge is 0.265 e. The Morgan fingerprint density at radius 2 is 1.84 bits per heavy atom. The molecule has 0 amide bonds. The molecule has 0 bridgehead atoms. The number of nitrogens with zero attached hydrogens (tertiary/aromatic N) is 1. The zero-order valence-electron chi connectivity index (χ0n) is 14.5. The van der Waals surface area contributed by atoms with Gasteiger partial charge in [0.2, 0.25) is 5.89 Å². The summed E-state index contributed by atoms with van der Waals surface area (Å²) in [6.07, 6.45) is 0. The molecule has 6 nitrogen and oxygen atoms in total. The van der Waals surface area contributed by atoms with Crippen LogP contribution in [0.25, 0.3) is 11.1 Å². The third-order valence-corrected chi connectivity index (χ3v) is 5.06. The van der Waals surface area contributed by atoms with Crippen LogP contribution in [0.15, 0.2) is 51.8 Å². The molecular weight excluding hydrogens is 340 g/mol. The Labute approximate surface area is 146 Å². The van der Waals surface area contributed by atoms with E-state index in [9.17, 15) is 8.42 Å². The van der Waals surface area contributed by atoms with Gasteiger partial charge in [0.1, 0.15) is 16.2 Å². The van der Waals surface area contributed by atoms with Crippen molar-refractivity contribution in [1.29, 1.82) is 0 Å². The van der Waals surface area contributed by atoms with Crippen molar-refractivity contribution in [2.24, 2.45) is 0 Å². The van der Waals surface area contributed by atoms with Crippen LogP contribution in [-0.2, 0) is 15.4 Å². The number of hydrogen-bond acceptors (Lipinski definition) is 5. The molecule has 1 N–H and O–H groups in total. The number of benzene rings is 2. The fourth-order valence-electron chi connectivity index (χ4n) is 2.36. The first kappa shape index (κ1) is 17.3. The fraction of sp³-hybridized carbons (Fsp3) is 0.278. The van der Waals surface area contributed by atoms with E-state index in [1.807, 2.05) is 20.8 Å². The number of hydrogen-bond donors (Lipinski definition) is 1. The Kier molecular flexibility index (Phi) is 4.20. The molecule has 1 heterocycles. The van der Waals surface area contributed by atoms with E-state index >= 15 is 0 Å². The summed E-state index contributed by atoms with van der Waals surface area (Å²) >= 11 is 0. The van der Waals surface area contributed by atoms with Gasteiger partial charge in [0.05, 0.1) is 12.8 Å². The summed E-state index contributed by atoms with van der Waals surface area (Å²) in [4.78, 5) is 4.53. The first-order valence-electron chi connectivity index (χ1n) is 7.77. The lowest BCUT2D eigenvalue weighted by Gasteiger charge is -2.11. The van der Waals surface area contributed by atoms with Crippen LogP contribution < -0.4 is 9.46 Å². The largest absolute Gasteiger partial charge is 0.495 e. The van der Waals surface area contributed by atoms with Crippen molar-refractivity contribution in [3.63, 3.8) is 0 Å². The van der Waals surface area contributed by atoms with E-state index in [0.717, 1.165) is 0 Å². The van der Waals surface area contributed by atoms with Gasteiger partial charge < -0.3 is 9.15 Å². The molecule has 3 aromatic rings. The van der Waals surface area contributed by atoms with Gasteiger partial charge in [-0.1, -0.05) is 32.9 Å². The number of ether oxygens (including phenoxy) is 1. The van der Waals surface area contributed by atoms with Gasteiger partial charge in [-0.05, 0) is 30.3 Å². The van der Waals surface area contributed by atoms with Crippen molar-refractivity contribution in [3.05, 3.63) is 48.4 Å². The number of oxazole rings is 1. The minimum Gasteiger partial charge on any atom is -0.495 e. The SMILES string of the molecule is COc1ccccc1S(=O)(=O)Nc1ccc2oc(C(C)(C)C)nc2c1. The Hall–Kier alpha value is -2.54. The average Bonchev–Trinajstić information content (AvgIpc) is 2.98. The lowest BCUT2D eigenvalue weighted by molar-refractivity contribution is 0.403. The minimum atomic E-state index is -3.78. The Morgan fingerprint density at radius 3 is 2.52 bits per heavy atom. The monoisotopic (exact) mass is 360 g/mol. The Morgan fingerprint density at radius 1 is 1.12 bits per heavy atom. The van der Waals surface area contributed by atoms with Crippen molar-refractivity contribution in [3.8, 4) is 5.75 Å². The molecule has 0 aliphatic rings. The molecule has 0 aliphatic carbocycles. The van der Waals surface area contributed by atoms with Crippen LogP contribution in [0, 0.1) is 0 Å². The van der Waals surface area contributed by atoms with Crippen LogP contribution in [0.1, 0.15) is 26.7 Å². The number of para-hydroxylation sites is 1.